The summed E-state index contributed by atoms with van der Waals surface area (Å²) in [6, 6.07) is 9.00. The fourth-order valence-corrected chi connectivity index (χ4v) is 1.80. The molecule has 0 saturated carbocycles. The molecule has 1 radical (unpaired) electrons. The standard InChI is InChI=1S/C15H18FN2.Ir/c1-5-14-13(16)10-18(17-14)12-8-6-7-11(9-12)15(2,3)4;/h6-7,9-10H,5H2,1-4H3;/q-1;. The maximum atomic E-state index is 13.5. The van der Waals surface area contributed by atoms with Crippen LogP contribution in [-0.4, -0.2) is 9.78 Å². The first kappa shape index (κ1) is 16.1. The first-order chi connectivity index (χ1) is 8.41. The van der Waals surface area contributed by atoms with Crippen LogP contribution in [-0.2, 0) is 31.9 Å². The van der Waals surface area contributed by atoms with Gasteiger partial charge in [0.25, 0.3) is 0 Å². The van der Waals surface area contributed by atoms with E-state index in [2.05, 4.69) is 31.9 Å². The zero-order chi connectivity index (χ0) is 13.3. The van der Waals surface area contributed by atoms with Crippen molar-refractivity contribution in [2.75, 3.05) is 0 Å². The summed E-state index contributed by atoms with van der Waals surface area (Å²) in [5.41, 5.74) is 2.51. The van der Waals surface area contributed by atoms with Crippen molar-refractivity contribution in [2.45, 2.75) is 39.5 Å². The molecule has 0 fully saturated rings. The van der Waals surface area contributed by atoms with Crippen molar-refractivity contribution in [2.24, 2.45) is 0 Å². The predicted molar refractivity (Wildman–Crippen MR) is 70.4 cm³/mol. The smallest absolute Gasteiger partial charge is 0.164 e. The molecule has 2 aromatic rings. The monoisotopic (exact) mass is 438 g/mol. The van der Waals surface area contributed by atoms with E-state index in [4.69, 9.17) is 0 Å². The van der Waals surface area contributed by atoms with E-state index in [1.807, 2.05) is 25.1 Å². The van der Waals surface area contributed by atoms with E-state index in [1.165, 1.54) is 11.8 Å². The minimum absolute atomic E-state index is 0. The zero-order valence-corrected chi connectivity index (χ0v) is 14.0. The third-order valence-electron chi connectivity index (χ3n) is 2.97. The average molecular weight is 438 g/mol. The SMILES string of the molecule is CCc1nn(-c2[c-]ccc(C(C)(C)C)c2)cc1F.[Ir]. The third kappa shape index (κ3) is 3.52. The Kier molecular flexibility index (Phi) is 5.05. The van der Waals surface area contributed by atoms with Crippen LogP contribution >= 0.6 is 0 Å². The van der Waals surface area contributed by atoms with Gasteiger partial charge in [0.05, 0.1) is 11.9 Å². The molecule has 0 saturated heterocycles. The molecule has 0 atom stereocenters. The van der Waals surface area contributed by atoms with Crippen LogP contribution in [0.4, 0.5) is 4.39 Å². The van der Waals surface area contributed by atoms with E-state index < -0.39 is 0 Å². The molecule has 0 aliphatic carbocycles. The van der Waals surface area contributed by atoms with Gasteiger partial charge in [0, 0.05) is 20.1 Å². The van der Waals surface area contributed by atoms with Crippen LogP contribution in [0.3, 0.4) is 0 Å². The number of hydrogen-bond acceptors (Lipinski definition) is 1. The number of hydrogen-bond donors (Lipinski definition) is 0. The Labute approximate surface area is 127 Å². The van der Waals surface area contributed by atoms with Crippen molar-refractivity contribution < 1.29 is 24.5 Å². The van der Waals surface area contributed by atoms with Gasteiger partial charge in [-0.2, -0.15) is 28.9 Å². The number of halogens is 1. The fourth-order valence-electron chi connectivity index (χ4n) is 1.80. The first-order valence-electron chi connectivity index (χ1n) is 6.18. The summed E-state index contributed by atoms with van der Waals surface area (Å²) < 4.78 is 15.1. The van der Waals surface area contributed by atoms with Crippen molar-refractivity contribution in [1.82, 2.24) is 9.78 Å². The van der Waals surface area contributed by atoms with Gasteiger partial charge in [0.1, 0.15) is 0 Å². The summed E-state index contributed by atoms with van der Waals surface area (Å²) in [6.45, 7) is 8.33. The van der Waals surface area contributed by atoms with Crippen LogP contribution in [0.1, 0.15) is 39.0 Å². The topological polar surface area (TPSA) is 17.8 Å². The van der Waals surface area contributed by atoms with Crippen LogP contribution < -0.4 is 0 Å². The molecule has 0 bridgehead atoms. The molecule has 19 heavy (non-hydrogen) atoms. The molecule has 0 spiro atoms. The molecular weight excluding hydrogens is 419 g/mol. The van der Waals surface area contributed by atoms with Crippen molar-refractivity contribution in [3.8, 4) is 5.69 Å². The van der Waals surface area contributed by atoms with Gasteiger partial charge in [0.15, 0.2) is 5.82 Å². The Morgan fingerprint density at radius 2 is 2.05 bits per heavy atom. The molecule has 1 aromatic carbocycles. The summed E-state index contributed by atoms with van der Waals surface area (Å²) >= 11 is 0. The second-order valence-corrected chi connectivity index (χ2v) is 5.43. The Bertz CT molecular complexity index is 556. The van der Waals surface area contributed by atoms with E-state index in [9.17, 15) is 4.39 Å². The third-order valence-corrected chi connectivity index (χ3v) is 2.97. The molecule has 0 amide bonds. The second-order valence-electron chi connectivity index (χ2n) is 5.43. The van der Waals surface area contributed by atoms with Gasteiger partial charge >= 0.3 is 0 Å². The maximum absolute atomic E-state index is 13.5. The van der Waals surface area contributed by atoms with Crippen LogP contribution in [0, 0.1) is 11.9 Å². The molecule has 2 nitrogen and oxygen atoms in total. The summed E-state index contributed by atoms with van der Waals surface area (Å²) in [5.74, 6) is -0.257. The largest absolute Gasteiger partial charge is 0.262 e. The summed E-state index contributed by atoms with van der Waals surface area (Å²) in [5, 5.41) is 4.23. The summed E-state index contributed by atoms with van der Waals surface area (Å²) in [4.78, 5) is 0. The average Bonchev–Trinajstić information content (AvgIpc) is 2.70. The van der Waals surface area contributed by atoms with Gasteiger partial charge in [-0.1, -0.05) is 27.7 Å². The van der Waals surface area contributed by atoms with E-state index in [1.54, 1.807) is 4.68 Å². The molecule has 0 N–H and O–H groups in total. The number of aryl methyl sites for hydroxylation is 1. The van der Waals surface area contributed by atoms with Gasteiger partial charge in [-0.15, -0.1) is 6.07 Å². The summed E-state index contributed by atoms with van der Waals surface area (Å²) in [6.07, 6.45) is 2.01. The zero-order valence-electron chi connectivity index (χ0n) is 11.6. The van der Waals surface area contributed by atoms with Crippen LogP contribution in [0.2, 0.25) is 0 Å². The van der Waals surface area contributed by atoms with Crippen LogP contribution in [0.5, 0.6) is 0 Å². The molecule has 4 heteroatoms. The summed E-state index contributed by atoms with van der Waals surface area (Å²) in [7, 11) is 0. The quantitative estimate of drug-likeness (QED) is 0.656. The normalized spacial score (nSPS) is 11.2. The Morgan fingerprint density at radius 3 is 2.58 bits per heavy atom. The van der Waals surface area contributed by atoms with Crippen LogP contribution in [0.25, 0.3) is 5.69 Å². The van der Waals surface area contributed by atoms with Crippen molar-refractivity contribution in [1.29, 1.82) is 0 Å². The molecule has 2 rings (SSSR count). The van der Waals surface area contributed by atoms with Gasteiger partial charge < -0.3 is 0 Å². The van der Waals surface area contributed by atoms with Gasteiger partial charge in [-0.25, -0.2) is 4.39 Å². The van der Waals surface area contributed by atoms with E-state index in [0.717, 1.165) is 5.69 Å². The number of benzene rings is 1. The number of rotatable bonds is 2. The number of nitrogens with zero attached hydrogens (tertiary/aromatic N) is 2. The minimum Gasteiger partial charge on any atom is -0.262 e. The van der Waals surface area contributed by atoms with E-state index >= 15 is 0 Å². The fraction of sp³-hybridized carbons (Fsp3) is 0.400. The second kappa shape index (κ2) is 5.98. The molecular formula is C15H18FIrN2-. The molecule has 0 unspecified atom stereocenters. The van der Waals surface area contributed by atoms with Crippen molar-refractivity contribution in [3.05, 3.63) is 47.5 Å². The van der Waals surface area contributed by atoms with E-state index in [0.29, 0.717) is 12.1 Å². The van der Waals surface area contributed by atoms with Crippen molar-refractivity contribution in [3.63, 3.8) is 0 Å². The Morgan fingerprint density at radius 1 is 1.37 bits per heavy atom. The molecule has 105 valence electrons. The molecule has 1 aromatic heterocycles. The first-order valence-corrected chi connectivity index (χ1v) is 6.18. The van der Waals surface area contributed by atoms with E-state index in [-0.39, 0.29) is 31.3 Å². The van der Waals surface area contributed by atoms with Crippen molar-refractivity contribution >= 4 is 0 Å². The minimum atomic E-state index is -0.257. The molecule has 0 aliphatic heterocycles. The van der Waals surface area contributed by atoms with Gasteiger partial charge in [-0.3, -0.25) is 4.68 Å². The maximum Gasteiger partial charge on any atom is 0.164 e. The Balaban J connectivity index is 0.00000180. The van der Waals surface area contributed by atoms with Crippen LogP contribution in [0.15, 0.2) is 24.4 Å². The molecule has 0 aliphatic rings. The Hall–Kier alpha value is -0.991. The predicted octanol–water partition coefficient (Wildman–Crippen LogP) is 3.67. The van der Waals surface area contributed by atoms with Gasteiger partial charge in [-0.05, 0) is 17.5 Å². The molecule has 1 heterocycles. The number of aromatic nitrogens is 2. The van der Waals surface area contributed by atoms with Gasteiger partial charge in [0.2, 0.25) is 0 Å².